The molecule has 3 nitrogen and oxygen atoms in total. The molecule has 1 heterocycles. The average Bonchev–Trinajstić information content (AvgIpc) is 2.90. The number of rotatable bonds is 1. The molecule has 0 saturated heterocycles. The number of halogens is 1. The molecular weight excluding hydrogens is 334 g/mol. The number of aromatic hydroxyl groups is 1. The van der Waals surface area contributed by atoms with E-state index in [-0.39, 0.29) is 16.6 Å². The number of hydrogen-bond acceptors (Lipinski definition) is 3. The first-order chi connectivity index (χ1) is 11.5. The van der Waals surface area contributed by atoms with E-state index >= 15 is 0 Å². The summed E-state index contributed by atoms with van der Waals surface area (Å²) in [7, 11) is 0. The molecule has 1 atom stereocenters. The first-order valence-electron chi connectivity index (χ1n) is 8.57. The van der Waals surface area contributed by atoms with Gasteiger partial charge in [0.15, 0.2) is 6.23 Å². The minimum atomic E-state index is -0.454. The molecule has 1 aliphatic rings. The SMILES string of the molecule is CC(C)(C)c1cc2c(c(C(C)(C)C)c1)OC(c1cc(Cl)ccc1O)N2. The van der Waals surface area contributed by atoms with E-state index in [2.05, 4.69) is 59.0 Å². The third-order valence-electron chi connectivity index (χ3n) is 4.56. The van der Waals surface area contributed by atoms with Gasteiger partial charge in [0.05, 0.1) is 11.3 Å². The first-order valence-corrected chi connectivity index (χ1v) is 8.95. The minimum absolute atomic E-state index is 0.0347. The van der Waals surface area contributed by atoms with Gasteiger partial charge in [-0.1, -0.05) is 59.2 Å². The average molecular weight is 360 g/mol. The topological polar surface area (TPSA) is 41.5 Å². The Morgan fingerprint density at radius 2 is 1.68 bits per heavy atom. The first kappa shape index (κ1) is 17.9. The van der Waals surface area contributed by atoms with Crippen LogP contribution in [0.25, 0.3) is 0 Å². The molecule has 2 N–H and O–H groups in total. The number of hydrogen-bond donors (Lipinski definition) is 2. The minimum Gasteiger partial charge on any atom is -0.507 e. The lowest BCUT2D eigenvalue weighted by molar-refractivity contribution is 0.248. The van der Waals surface area contributed by atoms with E-state index < -0.39 is 6.23 Å². The Kier molecular flexibility index (Phi) is 4.19. The van der Waals surface area contributed by atoms with Crippen molar-refractivity contribution in [3.63, 3.8) is 0 Å². The van der Waals surface area contributed by atoms with Crippen LogP contribution >= 0.6 is 11.6 Å². The maximum Gasteiger partial charge on any atom is 0.200 e. The molecule has 0 spiro atoms. The van der Waals surface area contributed by atoms with Crippen LogP contribution in [0.4, 0.5) is 5.69 Å². The molecule has 2 aromatic carbocycles. The molecule has 4 heteroatoms. The Hall–Kier alpha value is -1.87. The molecule has 2 aromatic rings. The van der Waals surface area contributed by atoms with Crippen molar-refractivity contribution in [2.24, 2.45) is 0 Å². The quantitative estimate of drug-likeness (QED) is 0.642. The zero-order valence-electron chi connectivity index (χ0n) is 15.7. The van der Waals surface area contributed by atoms with Crippen LogP contribution in [0.1, 0.15) is 64.5 Å². The number of benzene rings is 2. The summed E-state index contributed by atoms with van der Waals surface area (Å²) in [5.41, 5.74) is 3.99. The summed E-state index contributed by atoms with van der Waals surface area (Å²) < 4.78 is 6.22. The molecule has 0 aromatic heterocycles. The molecule has 0 bridgehead atoms. The van der Waals surface area contributed by atoms with E-state index in [1.807, 2.05) is 0 Å². The fourth-order valence-electron chi connectivity index (χ4n) is 3.02. The van der Waals surface area contributed by atoms with E-state index in [1.54, 1.807) is 18.2 Å². The van der Waals surface area contributed by atoms with Crippen LogP contribution in [0, 0.1) is 0 Å². The number of fused-ring (bicyclic) bond motifs is 1. The Labute approximate surface area is 155 Å². The number of anilines is 1. The van der Waals surface area contributed by atoms with Crippen LogP contribution in [0.15, 0.2) is 30.3 Å². The Bertz CT molecular complexity index is 816. The maximum absolute atomic E-state index is 10.2. The van der Waals surface area contributed by atoms with Crippen LogP contribution < -0.4 is 10.1 Å². The van der Waals surface area contributed by atoms with Crippen LogP contribution in [-0.4, -0.2) is 5.11 Å². The highest BCUT2D eigenvalue weighted by Gasteiger charge is 2.33. The number of phenols is 1. The van der Waals surface area contributed by atoms with Gasteiger partial charge in [-0.15, -0.1) is 0 Å². The molecule has 0 fully saturated rings. The highest BCUT2D eigenvalue weighted by molar-refractivity contribution is 6.30. The summed E-state index contributed by atoms with van der Waals surface area (Å²) in [6.45, 7) is 13.2. The van der Waals surface area contributed by atoms with Gasteiger partial charge in [0, 0.05) is 10.6 Å². The monoisotopic (exact) mass is 359 g/mol. The lowest BCUT2D eigenvalue weighted by Crippen LogP contribution is -2.17. The van der Waals surface area contributed by atoms with E-state index in [0.29, 0.717) is 10.6 Å². The van der Waals surface area contributed by atoms with E-state index in [0.717, 1.165) is 17.0 Å². The van der Waals surface area contributed by atoms with Crippen molar-refractivity contribution in [1.29, 1.82) is 0 Å². The molecular formula is C21H26ClNO2. The highest BCUT2D eigenvalue weighted by Crippen LogP contribution is 2.48. The number of nitrogens with one attached hydrogen (secondary N) is 1. The van der Waals surface area contributed by atoms with Gasteiger partial charge in [-0.2, -0.15) is 0 Å². The summed E-state index contributed by atoms with van der Waals surface area (Å²) in [5.74, 6) is 1.02. The smallest absolute Gasteiger partial charge is 0.200 e. The largest absolute Gasteiger partial charge is 0.507 e. The van der Waals surface area contributed by atoms with Gasteiger partial charge in [-0.25, -0.2) is 0 Å². The molecule has 0 aliphatic carbocycles. The standard InChI is InChI=1S/C21H26ClNO2/c1-20(2,3)12-9-15(21(4,5)6)18-16(10-12)23-19(25-18)14-11-13(22)7-8-17(14)24/h7-11,19,23-24H,1-6H3. The normalized spacial score (nSPS) is 17.0. The fourth-order valence-corrected chi connectivity index (χ4v) is 3.20. The van der Waals surface area contributed by atoms with Gasteiger partial charge in [-0.05, 0) is 40.7 Å². The summed E-state index contributed by atoms with van der Waals surface area (Å²) in [6, 6.07) is 9.38. The van der Waals surface area contributed by atoms with Crippen molar-refractivity contribution in [3.05, 3.63) is 52.0 Å². The number of phenolic OH excluding ortho intramolecular Hbond substituents is 1. The Morgan fingerprint density at radius 3 is 2.28 bits per heavy atom. The van der Waals surface area contributed by atoms with Crippen LogP contribution in [-0.2, 0) is 10.8 Å². The molecule has 134 valence electrons. The van der Waals surface area contributed by atoms with Crippen molar-refractivity contribution in [1.82, 2.24) is 0 Å². The van der Waals surface area contributed by atoms with Crippen molar-refractivity contribution in [2.75, 3.05) is 5.32 Å². The second kappa shape index (κ2) is 5.84. The van der Waals surface area contributed by atoms with Crippen molar-refractivity contribution in [2.45, 2.75) is 58.6 Å². The molecule has 0 radical (unpaired) electrons. The molecule has 1 aliphatic heterocycles. The van der Waals surface area contributed by atoms with Crippen molar-refractivity contribution >= 4 is 17.3 Å². The number of ether oxygens (including phenoxy) is 1. The second-order valence-electron chi connectivity index (χ2n) is 8.75. The molecule has 0 amide bonds. The van der Waals surface area contributed by atoms with Crippen LogP contribution in [0.5, 0.6) is 11.5 Å². The zero-order valence-corrected chi connectivity index (χ0v) is 16.5. The Balaban J connectivity index is 2.09. The van der Waals surface area contributed by atoms with Gasteiger partial charge in [0.1, 0.15) is 11.5 Å². The lowest BCUT2D eigenvalue weighted by Gasteiger charge is -2.26. The predicted octanol–water partition coefficient (Wildman–Crippen LogP) is 6.14. The van der Waals surface area contributed by atoms with Crippen molar-refractivity contribution in [3.8, 4) is 11.5 Å². The van der Waals surface area contributed by atoms with E-state index in [4.69, 9.17) is 16.3 Å². The van der Waals surface area contributed by atoms with E-state index in [9.17, 15) is 5.11 Å². The summed E-state index contributed by atoms with van der Waals surface area (Å²) in [6.07, 6.45) is -0.454. The molecule has 3 rings (SSSR count). The van der Waals surface area contributed by atoms with Gasteiger partial charge in [0.25, 0.3) is 0 Å². The summed E-state index contributed by atoms with van der Waals surface area (Å²) in [4.78, 5) is 0. The zero-order chi connectivity index (χ0) is 18.6. The van der Waals surface area contributed by atoms with Gasteiger partial charge in [0.2, 0.25) is 0 Å². The van der Waals surface area contributed by atoms with Gasteiger partial charge < -0.3 is 15.2 Å². The highest BCUT2D eigenvalue weighted by atomic mass is 35.5. The molecule has 1 unspecified atom stereocenters. The third-order valence-corrected chi connectivity index (χ3v) is 4.79. The fraction of sp³-hybridized carbons (Fsp3) is 0.429. The Morgan fingerprint density at radius 1 is 1.00 bits per heavy atom. The molecule has 0 saturated carbocycles. The van der Waals surface area contributed by atoms with Gasteiger partial charge >= 0.3 is 0 Å². The predicted molar refractivity (Wildman–Crippen MR) is 104 cm³/mol. The van der Waals surface area contributed by atoms with Gasteiger partial charge in [-0.3, -0.25) is 0 Å². The van der Waals surface area contributed by atoms with Crippen LogP contribution in [0.3, 0.4) is 0 Å². The second-order valence-corrected chi connectivity index (χ2v) is 9.18. The maximum atomic E-state index is 10.2. The van der Waals surface area contributed by atoms with Crippen LogP contribution in [0.2, 0.25) is 5.02 Å². The van der Waals surface area contributed by atoms with E-state index in [1.165, 1.54) is 5.56 Å². The van der Waals surface area contributed by atoms with Crippen molar-refractivity contribution < 1.29 is 9.84 Å². The third kappa shape index (κ3) is 3.43. The lowest BCUT2D eigenvalue weighted by atomic mass is 9.80. The molecule has 25 heavy (non-hydrogen) atoms. The summed E-state index contributed by atoms with van der Waals surface area (Å²) >= 11 is 6.10. The summed E-state index contributed by atoms with van der Waals surface area (Å²) in [5, 5.41) is 14.2.